The van der Waals surface area contributed by atoms with Gasteiger partial charge in [0.15, 0.2) is 6.61 Å². The predicted octanol–water partition coefficient (Wildman–Crippen LogP) is 4.38. The van der Waals surface area contributed by atoms with Crippen LogP contribution in [0.1, 0.15) is 5.56 Å². The molecule has 0 saturated carbocycles. The van der Waals surface area contributed by atoms with Gasteiger partial charge in [0.2, 0.25) is 0 Å². The molecule has 1 N–H and O–H groups in total. The number of halogens is 3. The summed E-state index contributed by atoms with van der Waals surface area (Å²) in [6.07, 6.45) is -2.99. The van der Waals surface area contributed by atoms with Crippen molar-refractivity contribution >= 4 is 16.9 Å². The Bertz CT molecular complexity index is 933. The van der Waals surface area contributed by atoms with E-state index in [1.807, 2.05) is 0 Å². The number of alkyl halides is 3. The smallest absolute Gasteiger partial charge is 0.416 e. The molecule has 0 aliphatic heterocycles. The van der Waals surface area contributed by atoms with Crippen molar-refractivity contribution in [3.63, 3.8) is 0 Å². The maximum absolute atomic E-state index is 13.1. The first-order valence-corrected chi connectivity index (χ1v) is 7.26. The highest BCUT2D eigenvalue weighted by atomic mass is 19.4. The second-order valence-corrected chi connectivity index (χ2v) is 5.27. The summed E-state index contributed by atoms with van der Waals surface area (Å²) in [5.74, 6) is -1.17. The van der Waals surface area contributed by atoms with Gasteiger partial charge in [-0.25, -0.2) is 4.79 Å². The highest BCUT2D eigenvalue weighted by Crippen LogP contribution is 2.39. The molecular formula is C18H12F3NO3. The van der Waals surface area contributed by atoms with Crippen molar-refractivity contribution in [2.75, 3.05) is 6.61 Å². The average molecular weight is 347 g/mol. The predicted molar refractivity (Wildman–Crippen MR) is 85.3 cm³/mol. The quantitative estimate of drug-likeness (QED) is 0.761. The number of carbonyl (C=O) groups is 1. The minimum absolute atomic E-state index is 0.0496. The number of hydrogen-bond donors (Lipinski definition) is 1. The standard InChI is InChI=1S/C18H12F3NO3/c19-18(20,21)12-6-7-15(25-10-16(23)24)14(9-12)13-5-1-3-11-4-2-8-22-17(11)13/h1-9H,10H2,(H,23,24). The van der Waals surface area contributed by atoms with Crippen LogP contribution in [0.4, 0.5) is 13.2 Å². The molecule has 0 atom stereocenters. The molecule has 0 saturated heterocycles. The average Bonchev–Trinajstić information content (AvgIpc) is 2.58. The van der Waals surface area contributed by atoms with Gasteiger partial charge in [-0.2, -0.15) is 13.2 Å². The van der Waals surface area contributed by atoms with E-state index < -0.39 is 24.3 Å². The number of ether oxygens (including phenoxy) is 1. The molecule has 0 aliphatic rings. The first kappa shape index (κ1) is 16.8. The molecule has 4 nitrogen and oxygen atoms in total. The van der Waals surface area contributed by atoms with Crippen molar-refractivity contribution in [1.82, 2.24) is 4.98 Å². The summed E-state index contributed by atoms with van der Waals surface area (Å²) in [6, 6.07) is 11.6. The van der Waals surface area contributed by atoms with Crippen molar-refractivity contribution in [1.29, 1.82) is 0 Å². The number of benzene rings is 2. The van der Waals surface area contributed by atoms with Crippen LogP contribution in [-0.4, -0.2) is 22.7 Å². The van der Waals surface area contributed by atoms with Gasteiger partial charge in [0, 0.05) is 22.7 Å². The SMILES string of the molecule is O=C(O)COc1ccc(C(F)(F)F)cc1-c1cccc2cccnc12. The minimum Gasteiger partial charge on any atom is -0.481 e. The highest BCUT2D eigenvalue weighted by molar-refractivity contribution is 5.95. The van der Waals surface area contributed by atoms with E-state index in [0.717, 1.165) is 23.6 Å². The van der Waals surface area contributed by atoms with E-state index in [4.69, 9.17) is 9.84 Å². The zero-order valence-electron chi connectivity index (χ0n) is 12.7. The fourth-order valence-electron chi connectivity index (χ4n) is 2.50. The second kappa shape index (κ2) is 6.43. The van der Waals surface area contributed by atoms with Gasteiger partial charge in [-0.05, 0) is 24.3 Å². The number of pyridine rings is 1. The number of carboxylic acids is 1. The molecule has 0 aliphatic carbocycles. The monoisotopic (exact) mass is 347 g/mol. The Kier molecular flexibility index (Phi) is 4.31. The molecule has 0 radical (unpaired) electrons. The zero-order valence-corrected chi connectivity index (χ0v) is 12.7. The number of para-hydroxylation sites is 1. The second-order valence-electron chi connectivity index (χ2n) is 5.27. The molecule has 128 valence electrons. The van der Waals surface area contributed by atoms with Gasteiger partial charge in [-0.1, -0.05) is 24.3 Å². The van der Waals surface area contributed by atoms with E-state index in [9.17, 15) is 18.0 Å². The Morgan fingerprint density at radius 3 is 2.56 bits per heavy atom. The largest absolute Gasteiger partial charge is 0.481 e. The summed E-state index contributed by atoms with van der Waals surface area (Å²) in [6.45, 7) is -0.656. The molecule has 7 heteroatoms. The molecule has 3 rings (SSSR count). The number of aromatic nitrogens is 1. The van der Waals surface area contributed by atoms with Crippen LogP contribution in [0.5, 0.6) is 5.75 Å². The topological polar surface area (TPSA) is 59.4 Å². The summed E-state index contributed by atoms with van der Waals surface area (Å²) in [5, 5.41) is 9.53. The molecular weight excluding hydrogens is 335 g/mol. The third kappa shape index (κ3) is 3.55. The third-order valence-electron chi connectivity index (χ3n) is 3.58. The molecule has 1 heterocycles. The number of fused-ring (bicyclic) bond motifs is 1. The molecule has 25 heavy (non-hydrogen) atoms. The third-order valence-corrected chi connectivity index (χ3v) is 3.58. The molecule has 0 amide bonds. The van der Waals surface area contributed by atoms with Crippen LogP contribution >= 0.6 is 0 Å². The van der Waals surface area contributed by atoms with Crippen LogP contribution in [0.2, 0.25) is 0 Å². The van der Waals surface area contributed by atoms with Crippen molar-refractivity contribution < 1.29 is 27.8 Å². The zero-order chi connectivity index (χ0) is 18.0. The molecule has 0 unspecified atom stereocenters. The Morgan fingerprint density at radius 2 is 1.84 bits per heavy atom. The van der Waals surface area contributed by atoms with Gasteiger partial charge in [0.1, 0.15) is 5.75 Å². The van der Waals surface area contributed by atoms with Gasteiger partial charge >= 0.3 is 12.1 Å². The van der Waals surface area contributed by atoms with E-state index >= 15 is 0 Å². The van der Waals surface area contributed by atoms with Gasteiger partial charge in [-0.3, -0.25) is 4.98 Å². The number of carboxylic acid groups (broad SMARTS) is 1. The van der Waals surface area contributed by atoms with Gasteiger partial charge in [0.25, 0.3) is 0 Å². The highest BCUT2D eigenvalue weighted by Gasteiger charge is 2.31. The normalized spacial score (nSPS) is 11.5. The molecule has 1 aromatic heterocycles. The number of hydrogen-bond acceptors (Lipinski definition) is 3. The van der Waals surface area contributed by atoms with Crippen molar-refractivity contribution in [2.45, 2.75) is 6.18 Å². The summed E-state index contributed by atoms with van der Waals surface area (Å²) < 4.78 is 44.5. The van der Waals surface area contributed by atoms with E-state index in [1.165, 1.54) is 6.20 Å². The molecule has 3 aromatic rings. The van der Waals surface area contributed by atoms with E-state index in [1.54, 1.807) is 30.3 Å². The lowest BCUT2D eigenvalue weighted by atomic mass is 9.99. The molecule has 0 spiro atoms. The number of nitrogens with zero attached hydrogens (tertiary/aromatic N) is 1. The summed E-state index contributed by atoms with van der Waals surface area (Å²) in [7, 11) is 0. The number of aliphatic carboxylic acids is 1. The summed E-state index contributed by atoms with van der Waals surface area (Å²) in [5.41, 5.74) is 0.229. The lowest BCUT2D eigenvalue weighted by molar-refractivity contribution is -0.140. The first-order valence-electron chi connectivity index (χ1n) is 7.26. The molecule has 2 aromatic carbocycles. The van der Waals surface area contributed by atoms with Gasteiger partial charge < -0.3 is 9.84 Å². The Labute approximate surface area is 140 Å². The van der Waals surface area contributed by atoms with Crippen molar-refractivity contribution in [3.05, 3.63) is 60.3 Å². The summed E-state index contributed by atoms with van der Waals surface area (Å²) >= 11 is 0. The van der Waals surface area contributed by atoms with Crippen LogP contribution in [0.3, 0.4) is 0 Å². The van der Waals surface area contributed by atoms with Crippen LogP contribution < -0.4 is 4.74 Å². The fourth-order valence-corrected chi connectivity index (χ4v) is 2.50. The van der Waals surface area contributed by atoms with Crippen LogP contribution in [0, 0.1) is 0 Å². The van der Waals surface area contributed by atoms with Crippen LogP contribution in [0.25, 0.3) is 22.0 Å². The van der Waals surface area contributed by atoms with E-state index in [-0.39, 0.29) is 11.3 Å². The Hall–Kier alpha value is -3.09. The van der Waals surface area contributed by atoms with Crippen molar-refractivity contribution in [2.24, 2.45) is 0 Å². The lowest BCUT2D eigenvalue weighted by Crippen LogP contribution is -2.11. The molecule has 0 fully saturated rings. The molecule has 0 bridgehead atoms. The number of rotatable bonds is 4. The summed E-state index contributed by atoms with van der Waals surface area (Å²) in [4.78, 5) is 15.0. The fraction of sp³-hybridized carbons (Fsp3) is 0.111. The maximum atomic E-state index is 13.1. The van der Waals surface area contributed by atoms with E-state index in [2.05, 4.69) is 4.98 Å². The minimum atomic E-state index is -4.53. The van der Waals surface area contributed by atoms with E-state index in [0.29, 0.717) is 11.1 Å². The van der Waals surface area contributed by atoms with Crippen LogP contribution in [0.15, 0.2) is 54.7 Å². The van der Waals surface area contributed by atoms with Gasteiger partial charge in [-0.15, -0.1) is 0 Å². The lowest BCUT2D eigenvalue weighted by Gasteiger charge is -2.15. The van der Waals surface area contributed by atoms with Crippen molar-refractivity contribution in [3.8, 4) is 16.9 Å². The van der Waals surface area contributed by atoms with Gasteiger partial charge in [0.05, 0.1) is 11.1 Å². The Morgan fingerprint density at radius 1 is 1.08 bits per heavy atom. The first-order chi connectivity index (χ1) is 11.9. The maximum Gasteiger partial charge on any atom is 0.416 e. The van der Waals surface area contributed by atoms with Crippen LogP contribution in [-0.2, 0) is 11.0 Å². The Balaban J connectivity index is 2.21.